The van der Waals surface area contributed by atoms with Crippen LogP contribution in [-0.4, -0.2) is 29.6 Å². The lowest BCUT2D eigenvalue weighted by atomic mass is 9.94. The summed E-state index contributed by atoms with van der Waals surface area (Å²) < 4.78 is 0. The molecule has 0 N–H and O–H groups in total. The van der Waals surface area contributed by atoms with E-state index in [0.29, 0.717) is 0 Å². The van der Waals surface area contributed by atoms with E-state index in [4.69, 9.17) is 0 Å². The summed E-state index contributed by atoms with van der Waals surface area (Å²) >= 11 is 1.96. The van der Waals surface area contributed by atoms with Crippen LogP contribution in [0.25, 0.3) is 0 Å². The van der Waals surface area contributed by atoms with E-state index in [-0.39, 0.29) is 0 Å². The molecule has 3 heteroatoms. The van der Waals surface area contributed by atoms with Crippen molar-refractivity contribution in [2.75, 3.05) is 13.1 Å². The van der Waals surface area contributed by atoms with E-state index < -0.39 is 0 Å². The molecule has 2 nitrogen and oxygen atoms in total. The number of carbonyl (C=O) groups excluding carboxylic acids is 1. The van der Waals surface area contributed by atoms with Gasteiger partial charge in [-0.05, 0) is 31.1 Å². The van der Waals surface area contributed by atoms with Gasteiger partial charge in [-0.15, -0.1) is 11.8 Å². The predicted octanol–water partition coefficient (Wildman–Crippen LogP) is 1.87. The summed E-state index contributed by atoms with van der Waals surface area (Å²) in [4.78, 5) is 12.5. The Morgan fingerprint density at radius 1 is 1.54 bits per heavy atom. The Hall–Kier alpha value is -0.440. The van der Waals surface area contributed by atoms with Crippen molar-refractivity contribution in [2.45, 2.75) is 25.0 Å². The Labute approximate surface area is 83.4 Å². The zero-order chi connectivity index (χ0) is 9.26. The third-order valence-corrected chi connectivity index (χ3v) is 4.46. The highest BCUT2D eigenvalue weighted by molar-refractivity contribution is 8.03. The van der Waals surface area contributed by atoms with Crippen molar-refractivity contribution in [1.82, 2.24) is 4.90 Å². The number of allylic oxidation sites excluding steroid dienone is 1. The lowest BCUT2D eigenvalue weighted by molar-refractivity contribution is -0.118. The summed E-state index contributed by atoms with van der Waals surface area (Å²) in [5, 5.41) is 3.04. The minimum absolute atomic E-state index is 0.731. The fourth-order valence-corrected chi connectivity index (χ4v) is 3.51. The summed E-state index contributed by atoms with van der Waals surface area (Å²) in [5.74, 6) is 0.731. The molecule has 0 aromatic carbocycles. The number of carbonyl (C=O) groups is 1. The van der Waals surface area contributed by atoms with E-state index in [0.717, 1.165) is 43.5 Å². The van der Waals surface area contributed by atoms with Crippen molar-refractivity contribution in [3.63, 3.8) is 0 Å². The molecular weight excluding hydrogens is 182 g/mol. The predicted molar refractivity (Wildman–Crippen MR) is 55.5 cm³/mol. The van der Waals surface area contributed by atoms with Gasteiger partial charge in [-0.2, -0.15) is 0 Å². The van der Waals surface area contributed by atoms with Crippen LogP contribution in [0, 0.1) is 5.92 Å². The SMILES string of the molecule is CC1=CSC2CCN(C=O)CCC12. The van der Waals surface area contributed by atoms with Crippen molar-refractivity contribution < 1.29 is 4.79 Å². The minimum atomic E-state index is 0.731. The van der Waals surface area contributed by atoms with Crippen LogP contribution in [0.4, 0.5) is 0 Å². The van der Waals surface area contributed by atoms with Crippen LogP contribution in [-0.2, 0) is 4.79 Å². The summed E-state index contributed by atoms with van der Waals surface area (Å²) in [5.41, 5.74) is 1.52. The molecule has 0 aromatic heterocycles. The van der Waals surface area contributed by atoms with E-state index in [1.807, 2.05) is 16.7 Å². The van der Waals surface area contributed by atoms with Crippen LogP contribution < -0.4 is 0 Å². The molecule has 1 amide bonds. The molecule has 2 atom stereocenters. The third kappa shape index (κ3) is 1.75. The minimum Gasteiger partial charge on any atom is -0.345 e. The summed E-state index contributed by atoms with van der Waals surface area (Å²) in [7, 11) is 0. The Morgan fingerprint density at radius 2 is 2.31 bits per heavy atom. The highest BCUT2D eigenvalue weighted by Gasteiger charge is 2.30. The first kappa shape index (κ1) is 9.13. The largest absolute Gasteiger partial charge is 0.345 e. The standard InChI is InChI=1S/C10H15NOS/c1-8-6-13-10-3-5-11(7-12)4-2-9(8)10/h6-7,9-10H,2-5H2,1H3. The number of hydrogen-bond acceptors (Lipinski definition) is 2. The Morgan fingerprint density at radius 3 is 3.08 bits per heavy atom. The molecule has 0 aliphatic carbocycles. The van der Waals surface area contributed by atoms with Gasteiger partial charge in [-0.3, -0.25) is 4.79 Å². The zero-order valence-corrected chi connectivity index (χ0v) is 8.72. The van der Waals surface area contributed by atoms with Crippen LogP contribution in [0.1, 0.15) is 19.8 Å². The van der Waals surface area contributed by atoms with E-state index in [2.05, 4.69) is 12.3 Å². The van der Waals surface area contributed by atoms with Gasteiger partial charge in [0.2, 0.25) is 6.41 Å². The number of nitrogens with zero attached hydrogens (tertiary/aromatic N) is 1. The second kappa shape index (κ2) is 3.74. The molecule has 0 saturated carbocycles. The van der Waals surface area contributed by atoms with Crippen molar-refractivity contribution >= 4 is 18.2 Å². The number of hydrogen-bond donors (Lipinski definition) is 0. The van der Waals surface area contributed by atoms with Gasteiger partial charge >= 0.3 is 0 Å². The van der Waals surface area contributed by atoms with Crippen LogP contribution in [0.5, 0.6) is 0 Å². The molecule has 0 aromatic rings. The number of likely N-dealkylation sites (tertiary alicyclic amines) is 1. The van der Waals surface area contributed by atoms with Crippen molar-refractivity contribution in [2.24, 2.45) is 5.92 Å². The highest BCUT2D eigenvalue weighted by Crippen LogP contribution is 2.40. The number of fused-ring (bicyclic) bond motifs is 1. The van der Waals surface area contributed by atoms with Gasteiger partial charge in [0, 0.05) is 18.3 Å². The van der Waals surface area contributed by atoms with E-state index >= 15 is 0 Å². The van der Waals surface area contributed by atoms with Gasteiger partial charge in [0.15, 0.2) is 0 Å². The molecule has 2 aliphatic rings. The lowest BCUT2D eigenvalue weighted by Crippen LogP contribution is -2.22. The number of thioether (sulfide) groups is 1. The fourth-order valence-electron chi connectivity index (χ4n) is 2.17. The highest BCUT2D eigenvalue weighted by atomic mass is 32.2. The average molecular weight is 197 g/mol. The van der Waals surface area contributed by atoms with Crippen LogP contribution in [0.2, 0.25) is 0 Å². The van der Waals surface area contributed by atoms with Crippen molar-refractivity contribution in [3.05, 3.63) is 11.0 Å². The average Bonchev–Trinajstić information content (AvgIpc) is 2.38. The van der Waals surface area contributed by atoms with Gasteiger partial charge in [-0.25, -0.2) is 0 Å². The molecular formula is C10H15NOS. The number of rotatable bonds is 1. The van der Waals surface area contributed by atoms with E-state index in [9.17, 15) is 4.79 Å². The first-order valence-electron chi connectivity index (χ1n) is 4.82. The van der Waals surface area contributed by atoms with Crippen molar-refractivity contribution in [3.8, 4) is 0 Å². The maximum Gasteiger partial charge on any atom is 0.209 e. The molecule has 2 aliphatic heterocycles. The molecule has 1 saturated heterocycles. The smallest absolute Gasteiger partial charge is 0.209 e. The fraction of sp³-hybridized carbons (Fsp3) is 0.700. The molecule has 2 heterocycles. The van der Waals surface area contributed by atoms with Gasteiger partial charge in [0.25, 0.3) is 0 Å². The van der Waals surface area contributed by atoms with Gasteiger partial charge in [0.05, 0.1) is 0 Å². The van der Waals surface area contributed by atoms with Crippen molar-refractivity contribution in [1.29, 1.82) is 0 Å². The lowest BCUT2D eigenvalue weighted by Gasteiger charge is -2.15. The number of amides is 1. The van der Waals surface area contributed by atoms with E-state index in [1.54, 1.807) is 0 Å². The molecule has 2 rings (SSSR count). The molecule has 1 fully saturated rings. The van der Waals surface area contributed by atoms with Crippen LogP contribution in [0.15, 0.2) is 11.0 Å². The van der Waals surface area contributed by atoms with Gasteiger partial charge < -0.3 is 4.90 Å². The van der Waals surface area contributed by atoms with Gasteiger partial charge in [0.1, 0.15) is 0 Å². The monoisotopic (exact) mass is 197 g/mol. The Kier molecular flexibility index (Phi) is 2.63. The topological polar surface area (TPSA) is 20.3 Å². The molecule has 0 bridgehead atoms. The first-order valence-corrected chi connectivity index (χ1v) is 5.77. The maximum atomic E-state index is 10.6. The Balaban J connectivity index is 2.03. The summed E-state index contributed by atoms with van der Waals surface area (Å²) in [6.07, 6.45) is 3.30. The zero-order valence-electron chi connectivity index (χ0n) is 7.90. The first-order chi connectivity index (χ1) is 6.31. The Bertz CT molecular complexity index is 239. The summed E-state index contributed by atoms with van der Waals surface area (Å²) in [6, 6.07) is 0. The molecule has 0 spiro atoms. The normalized spacial score (nSPS) is 33.6. The van der Waals surface area contributed by atoms with Crippen LogP contribution in [0.3, 0.4) is 0 Å². The van der Waals surface area contributed by atoms with Crippen LogP contribution >= 0.6 is 11.8 Å². The second-order valence-corrected chi connectivity index (χ2v) is 4.97. The quantitative estimate of drug-likeness (QED) is 0.598. The molecule has 13 heavy (non-hydrogen) atoms. The van der Waals surface area contributed by atoms with E-state index in [1.165, 1.54) is 5.57 Å². The third-order valence-electron chi connectivity index (χ3n) is 3.04. The van der Waals surface area contributed by atoms with Gasteiger partial charge in [-0.1, -0.05) is 5.57 Å². The summed E-state index contributed by atoms with van der Waals surface area (Å²) in [6.45, 7) is 4.10. The maximum absolute atomic E-state index is 10.6. The second-order valence-electron chi connectivity index (χ2n) is 3.86. The molecule has 0 radical (unpaired) electrons. The molecule has 72 valence electrons. The molecule has 2 unspecified atom stereocenters.